The third-order valence-electron chi connectivity index (χ3n) is 1.81. The van der Waals surface area contributed by atoms with E-state index in [4.69, 9.17) is 5.11 Å². The van der Waals surface area contributed by atoms with Crippen molar-refractivity contribution in [2.75, 3.05) is 13.7 Å². The van der Waals surface area contributed by atoms with Crippen LogP contribution in [0.1, 0.15) is 20.3 Å². The summed E-state index contributed by atoms with van der Waals surface area (Å²) in [4.78, 5) is 10.3. The summed E-state index contributed by atoms with van der Waals surface area (Å²) in [5.74, 6) is 0.250. The van der Waals surface area contributed by atoms with Crippen molar-refractivity contribution in [2.24, 2.45) is 5.92 Å². The van der Waals surface area contributed by atoms with Crippen molar-refractivity contribution in [1.82, 2.24) is 5.32 Å². The van der Waals surface area contributed by atoms with Crippen LogP contribution in [0.5, 0.6) is 0 Å². The third kappa shape index (κ3) is 3.49. The van der Waals surface area contributed by atoms with Crippen molar-refractivity contribution >= 4 is 6.29 Å². The summed E-state index contributed by atoms with van der Waals surface area (Å²) in [6.45, 7) is 5.10. The highest BCUT2D eigenvalue weighted by Gasteiger charge is 2.29. The summed E-state index contributed by atoms with van der Waals surface area (Å²) in [5, 5.41) is 10.3. The summed E-state index contributed by atoms with van der Waals surface area (Å²) in [5.41, 5.74) is 0.186. The van der Waals surface area contributed by atoms with E-state index in [1.807, 2.05) is 0 Å². The summed E-state index contributed by atoms with van der Waals surface area (Å²) in [6.07, 6.45) is 2.03. The normalized spacial score (nSPS) is 27.1. The van der Waals surface area contributed by atoms with Crippen LogP contribution in [-0.2, 0) is 4.79 Å². The van der Waals surface area contributed by atoms with Gasteiger partial charge < -0.3 is 15.2 Å². The fraction of sp³-hybridized carbons (Fsp3) is 0.875. The summed E-state index contributed by atoms with van der Waals surface area (Å²) >= 11 is 0. The Kier molecular flexibility index (Phi) is 4.30. The molecule has 3 nitrogen and oxygen atoms in total. The molecule has 0 aromatic heterocycles. The van der Waals surface area contributed by atoms with Gasteiger partial charge in [-0.1, -0.05) is 0 Å². The molecule has 3 heteroatoms. The van der Waals surface area contributed by atoms with E-state index in [2.05, 4.69) is 19.2 Å². The Balaban J connectivity index is 0.000000461. The molecule has 1 fully saturated rings. The van der Waals surface area contributed by atoms with Crippen LogP contribution in [0.15, 0.2) is 0 Å². The van der Waals surface area contributed by atoms with Crippen LogP contribution in [-0.4, -0.2) is 30.6 Å². The zero-order chi connectivity index (χ0) is 8.91. The zero-order valence-electron chi connectivity index (χ0n) is 7.42. The van der Waals surface area contributed by atoms with Gasteiger partial charge in [0.1, 0.15) is 6.29 Å². The van der Waals surface area contributed by atoms with Gasteiger partial charge in [-0.15, -0.1) is 0 Å². The minimum absolute atomic E-state index is 0.186. The van der Waals surface area contributed by atoms with Crippen molar-refractivity contribution in [3.63, 3.8) is 0 Å². The van der Waals surface area contributed by atoms with Crippen LogP contribution in [0.25, 0.3) is 0 Å². The maximum atomic E-state index is 10.3. The largest absolute Gasteiger partial charge is 0.400 e. The van der Waals surface area contributed by atoms with Gasteiger partial charge in [-0.25, -0.2) is 0 Å². The second kappa shape index (κ2) is 4.46. The lowest BCUT2D eigenvalue weighted by molar-refractivity contribution is -0.110. The van der Waals surface area contributed by atoms with Crippen molar-refractivity contribution < 1.29 is 9.90 Å². The number of nitrogens with one attached hydrogen (secondary N) is 1. The van der Waals surface area contributed by atoms with Crippen molar-refractivity contribution in [2.45, 2.75) is 25.8 Å². The van der Waals surface area contributed by atoms with Crippen LogP contribution in [0.3, 0.4) is 0 Å². The standard InChI is InChI=1S/C7H13NO.CH4O/c1-7(2)3-6(5-9)4-8-7;1-2/h5-6,8H,3-4H2,1-2H3;2H,1H3. The molecule has 0 amide bonds. The molecular formula is C8H17NO2. The first kappa shape index (κ1) is 10.6. The third-order valence-corrected chi connectivity index (χ3v) is 1.81. The summed E-state index contributed by atoms with van der Waals surface area (Å²) in [6, 6.07) is 0. The number of aliphatic hydroxyl groups is 1. The summed E-state index contributed by atoms with van der Waals surface area (Å²) < 4.78 is 0. The molecule has 11 heavy (non-hydrogen) atoms. The average Bonchev–Trinajstić information content (AvgIpc) is 2.34. The monoisotopic (exact) mass is 159 g/mol. The Morgan fingerprint density at radius 2 is 2.09 bits per heavy atom. The first-order valence-electron chi connectivity index (χ1n) is 3.79. The molecule has 0 radical (unpaired) electrons. The Morgan fingerprint density at radius 1 is 1.55 bits per heavy atom. The number of aliphatic hydroxyl groups excluding tert-OH is 1. The van der Waals surface area contributed by atoms with Gasteiger partial charge in [-0.3, -0.25) is 0 Å². The van der Waals surface area contributed by atoms with Crippen LogP contribution >= 0.6 is 0 Å². The molecule has 0 spiro atoms. The number of hydrogen-bond donors (Lipinski definition) is 2. The Hall–Kier alpha value is -0.410. The van der Waals surface area contributed by atoms with E-state index in [1.54, 1.807) is 0 Å². The maximum absolute atomic E-state index is 10.3. The number of hydrogen-bond acceptors (Lipinski definition) is 3. The molecule has 1 heterocycles. The minimum atomic E-state index is 0.186. The van der Waals surface area contributed by atoms with E-state index in [1.165, 1.54) is 0 Å². The molecule has 0 bridgehead atoms. The maximum Gasteiger partial charge on any atom is 0.124 e. The van der Waals surface area contributed by atoms with Crippen LogP contribution < -0.4 is 5.32 Å². The highest BCUT2D eigenvalue weighted by molar-refractivity contribution is 5.54. The molecule has 1 unspecified atom stereocenters. The van der Waals surface area contributed by atoms with Crippen LogP contribution in [0.4, 0.5) is 0 Å². The van der Waals surface area contributed by atoms with E-state index >= 15 is 0 Å². The van der Waals surface area contributed by atoms with Crippen molar-refractivity contribution in [1.29, 1.82) is 0 Å². The molecule has 1 aliphatic heterocycles. The highest BCUT2D eigenvalue weighted by Crippen LogP contribution is 2.20. The van der Waals surface area contributed by atoms with E-state index in [0.717, 1.165) is 26.4 Å². The lowest BCUT2D eigenvalue weighted by atomic mass is 9.98. The topological polar surface area (TPSA) is 49.3 Å². The molecule has 1 saturated heterocycles. The fourth-order valence-corrected chi connectivity index (χ4v) is 1.30. The second-order valence-electron chi connectivity index (χ2n) is 3.37. The van der Waals surface area contributed by atoms with Gasteiger partial charge in [0, 0.05) is 25.1 Å². The Bertz CT molecular complexity index is 123. The number of carbonyl (C=O) groups is 1. The van der Waals surface area contributed by atoms with Crippen molar-refractivity contribution in [3.05, 3.63) is 0 Å². The molecule has 1 rings (SSSR count). The van der Waals surface area contributed by atoms with Gasteiger partial charge in [-0.05, 0) is 20.3 Å². The zero-order valence-corrected chi connectivity index (χ0v) is 7.42. The van der Waals surface area contributed by atoms with Gasteiger partial charge >= 0.3 is 0 Å². The number of aldehydes is 1. The van der Waals surface area contributed by atoms with E-state index in [9.17, 15) is 4.79 Å². The van der Waals surface area contributed by atoms with Gasteiger partial charge in [0.2, 0.25) is 0 Å². The van der Waals surface area contributed by atoms with E-state index in [-0.39, 0.29) is 11.5 Å². The Morgan fingerprint density at radius 3 is 2.27 bits per heavy atom. The number of carbonyl (C=O) groups excluding carboxylic acids is 1. The van der Waals surface area contributed by atoms with Gasteiger partial charge in [0.15, 0.2) is 0 Å². The minimum Gasteiger partial charge on any atom is -0.400 e. The second-order valence-corrected chi connectivity index (χ2v) is 3.37. The molecule has 0 aromatic rings. The first-order chi connectivity index (χ1) is 5.14. The SMILES string of the molecule is CC1(C)CC(C=O)CN1.CO. The number of rotatable bonds is 1. The molecule has 66 valence electrons. The molecule has 0 aromatic carbocycles. The first-order valence-corrected chi connectivity index (χ1v) is 3.79. The van der Waals surface area contributed by atoms with Gasteiger partial charge in [0.05, 0.1) is 0 Å². The van der Waals surface area contributed by atoms with Crippen LogP contribution in [0.2, 0.25) is 0 Å². The fourth-order valence-electron chi connectivity index (χ4n) is 1.30. The quantitative estimate of drug-likeness (QED) is 0.537. The molecular weight excluding hydrogens is 142 g/mol. The molecule has 0 aliphatic carbocycles. The smallest absolute Gasteiger partial charge is 0.124 e. The van der Waals surface area contributed by atoms with E-state index in [0.29, 0.717) is 0 Å². The predicted octanol–water partition coefficient (Wildman–Crippen LogP) is 0.182. The Labute approximate surface area is 67.8 Å². The molecule has 1 aliphatic rings. The molecule has 1 atom stereocenters. The summed E-state index contributed by atoms with van der Waals surface area (Å²) in [7, 11) is 1.00. The lowest BCUT2D eigenvalue weighted by Crippen LogP contribution is -2.31. The molecule has 0 saturated carbocycles. The van der Waals surface area contributed by atoms with Gasteiger partial charge in [-0.2, -0.15) is 0 Å². The average molecular weight is 159 g/mol. The van der Waals surface area contributed by atoms with Gasteiger partial charge in [0.25, 0.3) is 0 Å². The lowest BCUT2D eigenvalue weighted by Gasteiger charge is -2.16. The van der Waals surface area contributed by atoms with E-state index < -0.39 is 0 Å². The van der Waals surface area contributed by atoms with Crippen molar-refractivity contribution in [3.8, 4) is 0 Å². The van der Waals surface area contributed by atoms with Crippen LogP contribution in [0, 0.1) is 5.92 Å². The predicted molar refractivity (Wildman–Crippen MR) is 44.4 cm³/mol. The molecule has 2 N–H and O–H groups in total. The highest BCUT2D eigenvalue weighted by atomic mass is 16.2.